The van der Waals surface area contributed by atoms with Gasteiger partial charge in [-0.05, 0) is 44.0 Å². The molecule has 1 aromatic carbocycles. The van der Waals surface area contributed by atoms with Crippen LogP contribution in [0.1, 0.15) is 49.4 Å². The molecule has 1 saturated carbocycles. The molecule has 1 aromatic heterocycles. The Kier molecular flexibility index (Phi) is 4.85. The molecule has 2 aromatic rings. The molecule has 0 unspecified atom stereocenters. The quantitative estimate of drug-likeness (QED) is 0.747. The first-order valence-corrected chi connectivity index (χ1v) is 8.94. The number of halogens is 1. The van der Waals surface area contributed by atoms with E-state index in [0.717, 1.165) is 35.5 Å². The predicted octanol–water partition coefficient (Wildman–Crippen LogP) is 4.35. The summed E-state index contributed by atoms with van der Waals surface area (Å²) in [6.45, 7) is 2.57. The van der Waals surface area contributed by atoms with Gasteiger partial charge >= 0.3 is 5.63 Å². The fourth-order valence-electron chi connectivity index (χ4n) is 3.36. The molecule has 0 spiro atoms. The van der Waals surface area contributed by atoms with E-state index in [1.165, 1.54) is 6.42 Å². The van der Waals surface area contributed by atoms with Crippen LogP contribution in [0.3, 0.4) is 0 Å². The molecule has 0 bridgehead atoms. The van der Waals surface area contributed by atoms with Gasteiger partial charge in [0.25, 0.3) is 5.91 Å². The topological polar surface area (TPSA) is 50.5 Å². The normalized spacial score (nSPS) is 15.7. The Morgan fingerprint density at radius 3 is 2.70 bits per heavy atom. The summed E-state index contributed by atoms with van der Waals surface area (Å²) in [6.07, 6.45) is 5.56. The highest BCUT2D eigenvalue weighted by Gasteiger charge is 2.27. The van der Waals surface area contributed by atoms with E-state index >= 15 is 0 Å². The zero-order valence-electron chi connectivity index (χ0n) is 13.2. The van der Waals surface area contributed by atoms with Crippen molar-refractivity contribution in [2.24, 2.45) is 0 Å². The molecule has 0 radical (unpaired) electrons. The number of hydrogen-bond acceptors (Lipinski definition) is 3. The van der Waals surface area contributed by atoms with Crippen molar-refractivity contribution in [2.45, 2.75) is 45.1 Å². The van der Waals surface area contributed by atoms with Crippen molar-refractivity contribution < 1.29 is 9.21 Å². The minimum Gasteiger partial charge on any atom is -0.422 e. The van der Waals surface area contributed by atoms with Crippen molar-refractivity contribution in [1.82, 2.24) is 4.90 Å². The molecule has 1 heterocycles. The van der Waals surface area contributed by atoms with Crippen molar-refractivity contribution in [1.29, 1.82) is 0 Å². The summed E-state index contributed by atoms with van der Waals surface area (Å²) >= 11 is 3.40. The minimum atomic E-state index is -0.556. The number of benzene rings is 1. The molecule has 1 fully saturated rings. The molecular weight excluding hydrogens is 358 g/mol. The molecule has 1 aliphatic rings. The lowest BCUT2D eigenvalue weighted by molar-refractivity contribution is 0.0644. The minimum absolute atomic E-state index is 0.128. The third-order valence-electron chi connectivity index (χ3n) is 4.54. The number of nitrogens with zero attached hydrogens (tertiary/aromatic N) is 1. The van der Waals surface area contributed by atoms with E-state index in [4.69, 9.17) is 4.42 Å². The number of carbonyl (C=O) groups is 1. The molecule has 0 saturated heterocycles. The van der Waals surface area contributed by atoms with Gasteiger partial charge < -0.3 is 9.32 Å². The van der Waals surface area contributed by atoms with Crippen LogP contribution in [0.4, 0.5) is 0 Å². The average molecular weight is 378 g/mol. The van der Waals surface area contributed by atoms with Crippen LogP contribution in [0.5, 0.6) is 0 Å². The van der Waals surface area contributed by atoms with Gasteiger partial charge in [-0.25, -0.2) is 4.79 Å². The van der Waals surface area contributed by atoms with Gasteiger partial charge in [-0.3, -0.25) is 4.79 Å². The van der Waals surface area contributed by atoms with Crippen LogP contribution in [-0.2, 0) is 0 Å². The molecule has 1 amide bonds. The Hall–Kier alpha value is -1.62. The van der Waals surface area contributed by atoms with Crippen molar-refractivity contribution in [3.05, 3.63) is 44.7 Å². The van der Waals surface area contributed by atoms with Crippen molar-refractivity contribution in [3.8, 4) is 0 Å². The second-order valence-corrected chi connectivity index (χ2v) is 6.93. The summed E-state index contributed by atoms with van der Waals surface area (Å²) in [5, 5.41) is 0.752. The number of hydrogen-bond donors (Lipinski definition) is 0. The van der Waals surface area contributed by atoms with E-state index in [1.807, 2.05) is 24.0 Å². The monoisotopic (exact) mass is 377 g/mol. The molecule has 122 valence electrons. The predicted molar refractivity (Wildman–Crippen MR) is 93.8 cm³/mol. The number of carbonyl (C=O) groups excluding carboxylic acids is 1. The van der Waals surface area contributed by atoms with E-state index in [0.29, 0.717) is 12.1 Å². The molecular formula is C18H20BrNO3. The first kappa shape index (κ1) is 16.2. The summed E-state index contributed by atoms with van der Waals surface area (Å²) < 4.78 is 6.21. The zero-order chi connectivity index (χ0) is 16.4. The molecule has 0 atom stereocenters. The van der Waals surface area contributed by atoms with Gasteiger partial charge in [0.05, 0.1) is 0 Å². The van der Waals surface area contributed by atoms with Crippen LogP contribution in [-0.4, -0.2) is 23.4 Å². The summed E-state index contributed by atoms with van der Waals surface area (Å²) in [5.41, 5.74) is 0.0672. The Morgan fingerprint density at radius 2 is 2.00 bits per heavy atom. The van der Waals surface area contributed by atoms with Crippen LogP contribution in [0.15, 0.2) is 37.9 Å². The summed E-state index contributed by atoms with van der Waals surface area (Å²) in [6, 6.07) is 7.28. The standard InChI is InChI=1S/C18H20BrNO3/c1-2-20(14-6-4-3-5-7-14)17(21)15-11-12-10-13(19)8-9-16(12)23-18(15)22/h8-11,14H,2-7H2,1H3. The van der Waals surface area contributed by atoms with Gasteiger partial charge in [0.2, 0.25) is 0 Å². The maximum Gasteiger partial charge on any atom is 0.349 e. The van der Waals surface area contributed by atoms with Gasteiger partial charge in [0.1, 0.15) is 11.1 Å². The molecule has 23 heavy (non-hydrogen) atoms. The molecule has 1 aliphatic carbocycles. The average Bonchev–Trinajstić information content (AvgIpc) is 2.56. The number of rotatable bonds is 3. The van der Waals surface area contributed by atoms with E-state index in [-0.39, 0.29) is 17.5 Å². The van der Waals surface area contributed by atoms with E-state index < -0.39 is 5.63 Å². The number of fused-ring (bicyclic) bond motifs is 1. The van der Waals surface area contributed by atoms with Crippen LogP contribution in [0.2, 0.25) is 0 Å². The molecule has 0 N–H and O–H groups in total. The van der Waals surface area contributed by atoms with Gasteiger partial charge in [0, 0.05) is 22.4 Å². The van der Waals surface area contributed by atoms with E-state index in [2.05, 4.69) is 15.9 Å². The molecule has 3 rings (SSSR count). The summed E-state index contributed by atoms with van der Waals surface area (Å²) in [5.74, 6) is -0.213. The van der Waals surface area contributed by atoms with Gasteiger partial charge in [-0.2, -0.15) is 0 Å². The second kappa shape index (κ2) is 6.87. The van der Waals surface area contributed by atoms with Gasteiger partial charge in [-0.15, -0.1) is 0 Å². The first-order valence-electron chi connectivity index (χ1n) is 8.14. The summed E-state index contributed by atoms with van der Waals surface area (Å²) in [7, 11) is 0. The lowest BCUT2D eigenvalue weighted by Gasteiger charge is -2.33. The van der Waals surface area contributed by atoms with Crippen LogP contribution < -0.4 is 5.63 Å². The summed E-state index contributed by atoms with van der Waals surface area (Å²) in [4.78, 5) is 26.9. The maximum absolute atomic E-state index is 12.9. The van der Waals surface area contributed by atoms with Crippen LogP contribution >= 0.6 is 15.9 Å². The van der Waals surface area contributed by atoms with Crippen molar-refractivity contribution >= 4 is 32.8 Å². The Morgan fingerprint density at radius 1 is 1.26 bits per heavy atom. The molecule has 0 aliphatic heterocycles. The highest BCUT2D eigenvalue weighted by Crippen LogP contribution is 2.24. The van der Waals surface area contributed by atoms with E-state index in [1.54, 1.807) is 12.1 Å². The smallest absolute Gasteiger partial charge is 0.349 e. The van der Waals surface area contributed by atoms with Crippen LogP contribution in [0.25, 0.3) is 11.0 Å². The van der Waals surface area contributed by atoms with Crippen molar-refractivity contribution in [2.75, 3.05) is 6.54 Å². The Balaban J connectivity index is 1.98. The zero-order valence-corrected chi connectivity index (χ0v) is 14.8. The SMILES string of the molecule is CCN(C(=O)c1cc2cc(Br)ccc2oc1=O)C1CCCCC1. The lowest BCUT2D eigenvalue weighted by atomic mass is 9.93. The third-order valence-corrected chi connectivity index (χ3v) is 5.03. The Labute approximate surface area is 143 Å². The highest BCUT2D eigenvalue weighted by molar-refractivity contribution is 9.10. The molecule has 5 heteroatoms. The van der Waals surface area contributed by atoms with Gasteiger partial charge in [-0.1, -0.05) is 35.2 Å². The fourth-order valence-corrected chi connectivity index (χ4v) is 3.74. The van der Waals surface area contributed by atoms with Crippen molar-refractivity contribution in [3.63, 3.8) is 0 Å². The largest absolute Gasteiger partial charge is 0.422 e. The lowest BCUT2D eigenvalue weighted by Crippen LogP contribution is -2.42. The second-order valence-electron chi connectivity index (χ2n) is 6.01. The Bertz CT molecular complexity index is 777. The van der Waals surface area contributed by atoms with E-state index in [9.17, 15) is 9.59 Å². The fraction of sp³-hybridized carbons (Fsp3) is 0.444. The van der Waals surface area contributed by atoms with Gasteiger partial charge in [0.15, 0.2) is 0 Å². The maximum atomic E-state index is 12.9. The van der Waals surface area contributed by atoms with Crippen LogP contribution in [0, 0.1) is 0 Å². The third kappa shape index (κ3) is 3.34. The first-order chi connectivity index (χ1) is 11.1. The molecule has 4 nitrogen and oxygen atoms in total. The number of amides is 1. The highest BCUT2D eigenvalue weighted by atomic mass is 79.9.